The van der Waals surface area contributed by atoms with Crippen LogP contribution in [0.4, 0.5) is 0 Å². The first-order valence-corrected chi connectivity index (χ1v) is 37.1. The molecule has 0 amide bonds. The third kappa shape index (κ3) is 12.2. The highest BCUT2D eigenvalue weighted by Gasteiger charge is 2.42. The summed E-state index contributed by atoms with van der Waals surface area (Å²) >= 11 is 3.60. The van der Waals surface area contributed by atoms with E-state index in [0.717, 1.165) is 50.0 Å². The van der Waals surface area contributed by atoms with E-state index in [0.29, 0.717) is 5.46 Å². The molecule has 0 spiro atoms. The Hall–Kier alpha value is -10.3. The predicted molar refractivity (Wildman–Crippen MR) is 418 cm³/mol. The number of benzene rings is 15. The van der Waals surface area contributed by atoms with Gasteiger partial charge in [-0.2, -0.15) is 0 Å². The zero-order chi connectivity index (χ0) is 63.7. The molecular weight excluding hydrogens is 1250 g/mol. The minimum atomic E-state index is -2.58. The molecule has 95 heavy (non-hydrogen) atoms. The van der Waals surface area contributed by atoms with Crippen molar-refractivity contribution >= 4 is 135 Å². The minimum absolute atomic E-state index is 0. The molecule has 0 aliphatic heterocycles. The Morgan fingerprint density at radius 3 is 0.821 bits per heavy atom. The summed E-state index contributed by atoms with van der Waals surface area (Å²) in [5.41, 5.74) is 8.06. The SMILES string of the molecule is Brc1ccc([Si](c2ccccc2)(c2ccccc2)c2ccccc2)cc1.C.C1=CC(c2c3ccccc3c(-c3ccc([Si](c4ccccc4)(c4ccccc4)c4ccccc4)cc3)c3ccccc23)=CCC1.OB(O)c1c2ccccc2c(-c2ccccc2)c2ccccc12. The van der Waals surface area contributed by atoms with Crippen molar-refractivity contribution in [1.82, 2.24) is 0 Å². The number of hydrogen-bond acceptors (Lipinski definition) is 2. The van der Waals surface area contributed by atoms with Crippen LogP contribution in [0.15, 0.2) is 381 Å². The van der Waals surface area contributed by atoms with Gasteiger partial charge in [0.1, 0.15) is 0 Å². The van der Waals surface area contributed by atoms with Crippen molar-refractivity contribution in [3.8, 4) is 22.3 Å². The molecular formula is C89H72BBrO2Si2. The Labute approximate surface area is 569 Å². The maximum absolute atomic E-state index is 9.94. The first-order chi connectivity index (χ1) is 46.4. The van der Waals surface area contributed by atoms with E-state index in [1.165, 1.54) is 85.3 Å². The number of hydrogen-bond donors (Lipinski definition) is 2. The van der Waals surface area contributed by atoms with Crippen molar-refractivity contribution in [1.29, 1.82) is 0 Å². The quantitative estimate of drug-likeness (QED) is 0.0727. The smallest absolute Gasteiger partial charge is 0.423 e. The molecule has 0 saturated heterocycles. The Morgan fingerprint density at radius 2 is 0.516 bits per heavy atom. The molecule has 2 N–H and O–H groups in total. The Morgan fingerprint density at radius 1 is 0.263 bits per heavy atom. The maximum Gasteiger partial charge on any atom is 0.489 e. The van der Waals surface area contributed by atoms with Crippen LogP contribution >= 0.6 is 15.9 Å². The zero-order valence-corrected chi connectivity index (χ0v) is 55.6. The molecule has 0 aromatic heterocycles. The standard InChI is InChI=1S/C44H34Si.C24H19BrSi.C20H15BO2.CH4/c1-5-17-33(18-6-1)43-39-25-13-15-27-41(39)44(42-28-16-14-26-40(42)43)34-29-31-38(32-30-34)45(35-19-7-2-8-20-35,36-21-9-3-10-22-36)37-23-11-4-12-24-37;25-20-16-18-24(19-17-20)26(21-10-4-1-5-11-21,22-12-6-2-7-13-22)23-14-8-3-9-15-23;22-21(23)20-17-12-6-4-10-15(17)19(14-8-2-1-3-9-14)16-11-5-7-13-18(16)20;/h2-5,7-32H,1,6H2;1-19H;1-13,22-23H;1H4. The van der Waals surface area contributed by atoms with Gasteiger partial charge in [0, 0.05) is 4.47 Å². The second-order valence-corrected chi connectivity index (χ2v) is 32.4. The summed E-state index contributed by atoms with van der Waals surface area (Å²) in [6.07, 6.45) is 9.24. The van der Waals surface area contributed by atoms with Gasteiger partial charge in [-0.15, -0.1) is 0 Å². The van der Waals surface area contributed by atoms with Crippen molar-refractivity contribution in [3.63, 3.8) is 0 Å². The molecule has 6 heteroatoms. The molecule has 1 aliphatic carbocycles. The van der Waals surface area contributed by atoms with E-state index in [2.05, 4.69) is 325 Å². The van der Waals surface area contributed by atoms with E-state index in [1.54, 1.807) is 0 Å². The van der Waals surface area contributed by atoms with Crippen molar-refractivity contribution in [3.05, 3.63) is 386 Å². The molecule has 15 aromatic rings. The largest absolute Gasteiger partial charge is 0.489 e. The second kappa shape index (κ2) is 28.9. The van der Waals surface area contributed by atoms with E-state index >= 15 is 0 Å². The molecule has 0 fully saturated rings. The summed E-state index contributed by atoms with van der Waals surface area (Å²) in [6.45, 7) is 0. The maximum atomic E-state index is 9.94. The highest BCUT2D eigenvalue weighted by Crippen LogP contribution is 2.43. The first kappa shape index (κ1) is 63.5. The lowest BCUT2D eigenvalue weighted by Crippen LogP contribution is -2.74. The molecule has 16 rings (SSSR count). The van der Waals surface area contributed by atoms with Crippen LogP contribution in [0.25, 0.3) is 70.9 Å². The second-order valence-electron chi connectivity index (χ2n) is 23.9. The molecule has 15 aromatic carbocycles. The van der Waals surface area contributed by atoms with E-state index in [1.807, 2.05) is 66.7 Å². The lowest BCUT2D eigenvalue weighted by Gasteiger charge is -2.34. The summed E-state index contributed by atoms with van der Waals surface area (Å²) in [5.74, 6) is 0. The predicted octanol–water partition coefficient (Wildman–Crippen LogP) is 16.6. The summed E-state index contributed by atoms with van der Waals surface area (Å²) in [6, 6.07) is 129. The van der Waals surface area contributed by atoms with Crippen LogP contribution in [0.3, 0.4) is 0 Å². The van der Waals surface area contributed by atoms with Gasteiger partial charge in [0.15, 0.2) is 16.1 Å². The van der Waals surface area contributed by atoms with Gasteiger partial charge in [-0.25, -0.2) is 0 Å². The first-order valence-electron chi connectivity index (χ1n) is 32.3. The molecule has 1 aliphatic rings. The van der Waals surface area contributed by atoms with Crippen molar-refractivity contribution < 1.29 is 10.0 Å². The fourth-order valence-electron chi connectivity index (χ4n) is 14.6. The molecule has 0 radical (unpaired) electrons. The lowest BCUT2D eigenvalue weighted by atomic mass is 9.72. The fourth-order valence-corrected chi connectivity index (χ4v) is 24.4. The topological polar surface area (TPSA) is 40.5 Å². The average molecular weight is 1320 g/mol. The Bertz CT molecular complexity index is 4830. The highest BCUT2D eigenvalue weighted by molar-refractivity contribution is 9.10. The molecule has 0 saturated carbocycles. The van der Waals surface area contributed by atoms with Crippen molar-refractivity contribution in [2.45, 2.75) is 20.3 Å². The Kier molecular flexibility index (Phi) is 19.3. The number of allylic oxidation sites excluding steroid dienone is 4. The molecule has 458 valence electrons. The van der Waals surface area contributed by atoms with Gasteiger partial charge in [-0.3, -0.25) is 0 Å². The summed E-state index contributed by atoms with van der Waals surface area (Å²) in [5, 5.41) is 40.1. The molecule has 0 atom stereocenters. The molecule has 0 bridgehead atoms. The molecule has 0 unspecified atom stereocenters. The zero-order valence-electron chi connectivity index (χ0n) is 52.1. The van der Waals surface area contributed by atoms with Gasteiger partial charge in [0.2, 0.25) is 0 Å². The monoisotopic (exact) mass is 1320 g/mol. The van der Waals surface area contributed by atoms with E-state index < -0.39 is 23.3 Å². The van der Waals surface area contributed by atoms with E-state index in [-0.39, 0.29) is 7.43 Å². The lowest BCUT2D eigenvalue weighted by molar-refractivity contribution is 0.426. The average Bonchev–Trinajstić information content (AvgIpc) is 0.760. The third-order valence-electron chi connectivity index (χ3n) is 18.6. The minimum Gasteiger partial charge on any atom is -0.423 e. The van der Waals surface area contributed by atoms with Gasteiger partial charge >= 0.3 is 7.12 Å². The third-order valence-corrected chi connectivity index (χ3v) is 28.8. The highest BCUT2D eigenvalue weighted by atomic mass is 79.9. The van der Waals surface area contributed by atoms with Gasteiger partial charge in [0.25, 0.3) is 0 Å². The van der Waals surface area contributed by atoms with Crippen LogP contribution < -0.4 is 47.0 Å². The van der Waals surface area contributed by atoms with Crippen LogP contribution in [0.1, 0.15) is 25.8 Å². The summed E-state index contributed by atoms with van der Waals surface area (Å²) < 4.78 is 1.11. The van der Waals surface area contributed by atoms with Gasteiger partial charge < -0.3 is 10.0 Å². The fraction of sp³-hybridized carbons (Fsp3) is 0.0337. The van der Waals surface area contributed by atoms with Gasteiger partial charge in [-0.1, -0.05) is 387 Å². The van der Waals surface area contributed by atoms with Crippen LogP contribution in [0, 0.1) is 0 Å². The normalized spacial score (nSPS) is 12.0. The van der Waals surface area contributed by atoms with Crippen LogP contribution in [-0.2, 0) is 0 Å². The number of halogens is 1. The van der Waals surface area contributed by atoms with E-state index in [4.69, 9.17) is 0 Å². The summed E-state index contributed by atoms with van der Waals surface area (Å²) in [4.78, 5) is 0. The Balaban J connectivity index is 0.000000139. The molecule has 0 heterocycles. The van der Waals surface area contributed by atoms with Crippen molar-refractivity contribution in [2.75, 3.05) is 0 Å². The van der Waals surface area contributed by atoms with Crippen LogP contribution in [-0.4, -0.2) is 33.3 Å². The van der Waals surface area contributed by atoms with Crippen molar-refractivity contribution in [2.24, 2.45) is 0 Å². The van der Waals surface area contributed by atoms with Gasteiger partial charge in [-0.05, 0) is 148 Å². The van der Waals surface area contributed by atoms with Crippen LogP contribution in [0.5, 0.6) is 0 Å². The van der Waals surface area contributed by atoms with Crippen LogP contribution in [0.2, 0.25) is 0 Å². The molecule has 2 nitrogen and oxygen atoms in total. The summed E-state index contributed by atoms with van der Waals surface area (Å²) in [7, 11) is -6.43. The number of fused-ring (bicyclic) bond motifs is 4. The number of rotatable bonds is 12. The van der Waals surface area contributed by atoms with Gasteiger partial charge in [0.05, 0.1) is 0 Å². The van der Waals surface area contributed by atoms with E-state index in [9.17, 15) is 10.0 Å².